The maximum atomic E-state index is 12.4. The van der Waals surface area contributed by atoms with Crippen molar-refractivity contribution in [3.8, 4) is 5.75 Å². The first-order chi connectivity index (χ1) is 13.8. The van der Waals surface area contributed by atoms with Crippen LogP contribution in [0.25, 0.3) is 0 Å². The fraction of sp³-hybridized carbons (Fsp3) is 0.381. The van der Waals surface area contributed by atoms with Gasteiger partial charge in [0.2, 0.25) is 0 Å². The van der Waals surface area contributed by atoms with Gasteiger partial charge in [-0.25, -0.2) is 0 Å². The van der Waals surface area contributed by atoms with Crippen molar-refractivity contribution >= 4 is 34.9 Å². The van der Waals surface area contributed by atoms with E-state index in [4.69, 9.17) is 27.9 Å². The zero-order chi connectivity index (χ0) is 20.6. The molecule has 3 saturated carbocycles. The van der Waals surface area contributed by atoms with Crippen molar-refractivity contribution in [2.24, 2.45) is 5.41 Å². The number of carbonyl (C=O) groups excluding carboxylic acids is 2. The highest BCUT2D eigenvalue weighted by Crippen LogP contribution is 2.69. The van der Waals surface area contributed by atoms with Crippen LogP contribution in [-0.2, 0) is 11.4 Å². The Morgan fingerprint density at radius 1 is 1.14 bits per heavy atom. The van der Waals surface area contributed by atoms with Gasteiger partial charge >= 0.3 is 0 Å². The molecule has 3 fully saturated rings. The summed E-state index contributed by atoms with van der Waals surface area (Å²) in [5.74, 6) is 0.280. The van der Waals surface area contributed by atoms with Crippen molar-refractivity contribution in [3.63, 3.8) is 0 Å². The van der Waals surface area contributed by atoms with Crippen LogP contribution in [0.4, 0.5) is 0 Å². The van der Waals surface area contributed by atoms with Gasteiger partial charge < -0.3 is 15.2 Å². The number of aromatic nitrogens is 1. The van der Waals surface area contributed by atoms with Crippen molar-refractivity contribution in [1.29, 1.82) is 0 Å². The highest BCUT2D eigenvalue weighted by Gasteiger charge is 2.68. The molecule has 2 aromatic rings. The number of hydrogen-bond donors (Lipinski definition) is 2. The fourth-order valence-electron chi connectivity index (χ4n) is 4.52. The lowest BCUT2D eigenvalue weighted by atomic mass is 9.38. The second kappa shape index (κ2) is 7.59. The van der Waals surface area contributed by atoms with Gasteiger partial charge in [0.25, 0.3) is 5.91 Å². The predicted octanol–water partition coefficient (Wildman–Crippen LogP) is 3.57. The number of ether oxygens (including phenoxy) is 1. The molecule has 5 rings (SSSR count). The molecule has 0 unspecified atom stereocenters. The molecule has 0 radical (unpaired) electrons. The quantitative estimate of drug-likeness (QED) is 0.662. The first-order valence-corrected chi connectivity index (χ1v) is 10.1. The zero-order valence-electron chi connectivity index (χ0n) is 15.6. The molecule has 1 heterocycles. The molecule has 29 heavy (non-hydrogen) atoms. The van der Waals surface area contributed by atoms with Crippen LogP contribution >= 0.6 is 23.2 Å². The standard InChI is InChI=1S/C21H20Cl2N2O4/c22-16-2-1-15(6-17(16)23)29-9-14(27)7-20-10-21(11-20,12-20)25-19(28)18-5-13(8-26)3-4-24-18/h1-6,26H,7-12H2,(H,25,28). The minimum Gasteiger partial charge on any atom is -0.486 e. The van der Waals surface area contributed by atoms with Gasteiger partial charge in [0.1, 0.15) is 18.1 Å². The Labute approximate surface area is 178 Å². The Kier molecular flexibility index (Phi) is 5.27. The first-order valence-electron chi connectivity index (χ1n) is 9.30. The van der Waals surface area contributed by atoms with Gasteiger partial charge in [0.05, 0.1) is 16.7 Å². The third kappa shape index (κ3) is 4.10. The van der Waals surface area contributed by atoms with E-state index >= 15 is 0 Å². The van der Waals surface area contributed by atoms with Crippen LogP contribution in [0.15, 0.2) is 36.5 Å². The van der Waals surface area contributed by atoms with Crippen molar-refractivity contribution in [1.82, 2.24) is 10.3 Å². The van der Waals surface area contributed by atoms with E-state index in [2.05, 4.69) is 10.3 Å². The molecule has 1 amide bonds. The van der Waals surface area contributed by atoms with Crippen LogP contribution in [0, 0.1) is 5.41 Å². The molecule has 3 aliphatic rings. The van der Waals surface area contributed by atoms with E-state index in [9.17, 15) is 14.7 Å². The molecule has 1 aromatic heterocycles. The average molecular weight is 435 g/mol. The lowest BCUT2D eigenvalue weighted by molar-refractivity contribution is -0.162. The maximum Gasteiger partial charge on any atom is 0.270 e. The number of aliphatic hydroxyl groups excluding tert-OH is 1. The Bertz CT molecular complexity index is 959. The van der Waals surface area contributed by atoms with Gasteiger partial charge in [0, 0.05) is 24.2 Å². The molecule has 0 atom stereocenters. The second-order valence-electron chi connectivity index (χ2n) is 8.05. The van der Waals surface area contributed by atoms with Crippen LogP contribution in [0.2, 0.25) is 10.0 Å². The molecule has 0 saturated heterocycles. The number of halogens is 2. The van der Waals surface area contributed by atoms with Crippen molar-refractivity contribution in [3.05, 3.63) is 57.8 Å². The molecule has 2 N–H and O–H groups in total. The average Bonchev–Trinajstić information content (AvgIpc) is 2.66. The number of ketones is 1. The normalized spacial score (nSPS) is 24.2. The summed E-state index contributed by atoms with van der Waals surface area (Å²) in [7, 11) is 0. The number of aliphatic hydroxyl groups is 1. The smallest absolute Gasteiger partial charge is 0.270 e. The number of nitrogens with zero attached hydrogens (tertiary/aromatic N) is 1. The van der Waals surface area contributed by atoms with Crippen LogP contribution < -0.4 is 10.1 Å². The lowest BCUT2D eigenvalue weighted by Gasteiger charge is -2.70. The molecule has 0 spiro atoms. The fourth-order valence-corrected chi connectivity index (χ4v) is 4.81. The predicted molar refractivity (Wildman–Crippen MR) is 108 cm³/mol. The monoisotopic (exact) mass is 434 g/mol. The largest absolute Gasteiger partial charge is 0.486 e. The van der Waals surface area contributed by atoms with Gasteiger partial charge in [0.15, 0.2) is 5.78 Å². The van der Waals surface area contributed by atoms with Gasteiger partial charge in [-0.15, -0.1) is 0 Å². The number of benzene rings is 1. The highest BCUT2D eigenvalue weighted by molar-refractivity contribution is 6.42. The topological polar surface area (TPSA) is 88.5 Å². The number of amides is 1. The number of rotatable bonds is 8. The SMILES string of the molecule is O=C(COc1ccc(Cl)c(Cl)c1)CC12CC(NC(=O)c3cc(CO)ccn3)(C1)C2. The van der Waals surface area contributed by atoms with Gasteiger partial charge in [-0.2, -0.15) is 0 Å². The van der Waals surface area contributed by atoms with Crippen LogP contribution in [-0.4, -0.2) is 33.9 Å². The number of hydrogen-bond acceptors (Lipinski definition) is 5. The van der Waals surface area contributed by atoms with Gasteiger partial charge in [-0.05, 0) is 54.5 Å². The first kappa shape index (κ1) is 20.1. The molecule has 3 aliphatic carbocycles. The Hall–Kier alpha value is -2.15. The van der Waals surface area contributed by atoms with Crippen molar-refractivity contribution < 1.29 is 19.4 Å². The van der Waals surface area contributed by atoms with Crippen LogP contribution in [0.1, 0.15) is 41.7 Å². The summed E-state index contributed by atoms with van der Waals surface area (Å²) in [5.41, 5.74) is 0.665. The number of Topliss-reactive ketones (excluding diaryl/α,β-unsaturated/α-hetero) is 1. The lowest BCUT2D eigenvalue weighted by Crippen LogP contribution is -2.75. The molecular formula is C21H20Cl2N2O4. The van der Waals surface area contributed by atoms with E-state index in [1.165, 1.54) is 6.20 Å². The summed E-state index contributed by atoms with van der Waals surface area (Å²) < 4.78 is 5.51. The molecule has 0 aliphatic heterocycles. The van der Waals surface area contributed by atoms with E-state index in [0.717, 1.165) is 19.3 Å². The highest BCUT2D eigenvalue weighted by atomic mass is 35.5. The zero-order valence-corrected chi connectivity index (χ0v) is 17.1. The van der Waals surface area contributed by atoms with Crippen molar-refractivity contribution in [2.45, 2.75) is 37.8 Å². The second-order valence-corrected chi connectivity index (χ2v) is 8.87. The summed E-state index contributed by atoms with van der Waals surface area (Å²) in [6, 6.07) is 8.14. The molecular weight excluding hydrogens is 415 g/mol. The van der Waals surface area contributed by atoms with Gasteiger partial charge in [-0.3, -0.25) is 14.6 Å². The van der Waals surface area contributed by atoms with Gasteiger partial charge in [-0.1, -0.05) is 23.2 Å². The molecule has 6 nitrogen and oxygen atoms in total. The summed E-state index contributed by atoms with van der Waals surface area (Å²) >= 11 is 11.8. The minimum absolute atomic E-state index is 0.0169. The molecule has 152 valence electrons. The maximum absolute atomic E-state index is 12.4. The van der Waals surface area contributed by atoms with E-state index in [1.54, 1.807) is 30.3 Å². The van der Waals surface area contributed by atoms with Crippen LogP contribution in [0.3, 0.4) is 0 Å². The molecule has 1 aromatic carbocycles. The van der Waals surface area contributed by atoms with E-state index in [1.807, 2.05) is 0 Å². The summed E-state index contributed by atoms with van der Waals surface area (Å²) in [5, 5.41) is 13.0. The Morgan fingerprint density at radius 2 is 1.90 bits per heavy atom. The van der Waals surface area contributed by atoms with Crippen LogP contribution in [0.5, 0.6) is 5.75 Å². The Balaban J connectivity index is 1.24. The third-order valence-electron chi connectivity index (χ3n) is 5.62. The minimum atomic E-state index is -0.247. The number of nitrogens with one attached hydrogen (secondary N) is 1. The third-order valence-corrected chi connectivity index (χ3v) is 6.36. The van der Waals surface area contributed by atoms with E-state index < -0.39 is 0 Å². The number of carbonyl (C=O) groups is 2. The van der Waals surface area contributed by atoms with E-state index in [0.29, 0.717) is 33.5 Å². The summed E-state index contributed by atoms with van der Waals surface area (Å²) in [6.45, 7) is -0.152. The summed E-state index contributed by atoms with van der Waals surface area (Å²) in [6.07, 6.45) is 4.29. The number of pyridine rings is 1. The van der Waals surface area contributed by atoms with E-state index in [-0.39, 0.29) is 35.9 Å². The molecule has 2 bridgehead atoms. The Morgan fingerprint density at radius 3 is 2.59 bits per heavy atom. The molecule has 8 heteroatoms. The summed E-state index contributed by atoms with van der Waals surface area (Å²) in [4.78, 5) is 28.8. The van der Waals surface area contributed by atoms with Crippen molar-refractivity contribution in [2.75, 3.05) is 6.61 Å².